The van der Waals surface area contributed by atoms with Gasteiger partial charge >= 0.3 is 5.97 Å². The van der Waals surface area contributed by atoms with Gasteiger partial charge in [-0.15, -0.1) is 0 Å². The van der Waals surface area contributed by atoms with Crippen molar-refractivity contribution in [2.45, 2.75) is 24.5 Å². The average molecular weight is 308 g/mol. The molecule has 0 spiro atoms. The van der Waals surface area contributed by atoms with E-state index in [4.69, 9.17) is 5.11 Å². The second-order valence-corrected chi connectivity index (χ2v) is 6.85. The molecule has 0 aliphatic heterocycles. The Kier molecular flexibility index (Phi) is 3.87. The molecule has 1 heterocycles. The Bertz CT molecular complexity index is 806. The summed E-state index contributed by atoms with van der Waals surface area (Å²) in [5.41, 5.74) is 1.55. The molecule has 7 heteroatoms. The highest BCUT2D eigenvalue weighted by Gasteiger charge is 2.22. The fourth-order valence-corrected chi connectivity index (χ4v) is 3.93. The number of carboxylic acids is 1. The number of aryl methyl sites for hydroxylation is 2. The van der Waals surface area contributed by atoms with Crippen molar-refractivity contribution in [3.63, 3.8) is 0 Å². The van der Waals surface area contributed by atoms with E-state index in [0.717, 1.165) is 5.69 Å². The van der Waals surface area contributed by atoms with Crippen molar-refractivity contribution < 1.29 is 18.3 Å². The maximum atomic E-state index is 12.5. The highest BCUT2D eigenvalue weighted by Crippen LogP contribution is 2.23. The number of nitrogens with zero attached hydrogens (tertiary/aromatic N) is 2. The highest BCUT2D eigenvalue weighted by atomic mass is 32.2. The van der Waals surface area contributed by atoms with Gasteiger partial charge in [-0.05, 0) is 37.6 Å². The zero-order chi connectivity index (χ0) is 15.8. The minimum atomic E-state index is -3.63. The average Bonchev–Trinajstić information content (AvgIpc) is 2.66. The summed E-state index contributed by atoms with van der Waals surface area (Å²) in [6.07, 6.45) is 0. The van der Waals surface area contributed by atoms with E-state index in [-0.39, 0.29) is 21.8 Å². The molecular formula is C14H16N2O4S. The van der Waals surface area contributed by atoms with Gasteiger partial charge in [0.25, 0.3) is 0 Å². The van der Waals surface area contributed by atoms with E-state index in [9.17, 15) is 13.2 Å². The summed E-state index contributed by atoms with van der Waals surface area (Å²) in [7, 11) is -1.95. The molecule has 2 aromatic rings. The molecule has 6 nitrogen and oxygen atoms in total. The molecule has 0 atom stereocenters. The quantitative estimate of drug-likeness (QED) is 0.928. The van der Waals surface area contributed by atoms with Gasteiger partial charge in [-0.1, -0.05) is 6.07 Å². The van der Waals surface area contributed by atoms with Crippen molar-refractivity contribution in [1.82, 2.24) is 9.78 Å². The summed E-state index contributed by atoms with van der Waals surface area (Å²) in [5, 5.41) is 13.2. The predicted octanol–water partition coefficient (Wildman–Crippen LogP) is 1.71. The Hall–Kier alpha value is -2.15. The van der Waals surface area contributed by atoms with Crippen molar-refractivity contribution in [1.29, 1.82) is 0 Å². The van der Waals surface area contributed by atoms with E-state index < -0.39 is 15.8 Å². The molecule has 21 heavy (non-hydrogen) atoms. The number of sulfone groups is 1. The fraction of sp³-hybridized carbons (Fsp3) is 0.286. The van der Waals surface area contributed by atoms with Crippen LogP contribution >= 0.6 is 0 Å². The second kappa shape index (κ2) is 5.33. The molecule has 0 fully saturated rings. The third kappa shape index (κ3) is 2.97. The topological polar surface area (TPSA) is 89.3 Å². The van der Waals surface area contributed by atoms with Gasteiger partial charge in [0.15, 0.2) is 9.84 Å². The van der Waals surface area contributed by atoms with Crippen LogP contribution in [0, 0.1) is 13.8 Å². The first-order valence-corrected chi connectivity index (χ1v) is 7.93. The van der Waals surface area contributed by atoms with Gasteiger partial charge in [-0.2, -0.15) is 5.10 Å². The summed E-state index contributed by atoms with van der Waals surface area (Å²) < 4.78 is 26.6. The van der Waals surface area contributed by atoms with Crippen molar-refractivity contribution in [3.05, 3.63) is 46.8 Å². The maximum absolute atomic E-state index is 12.5. The molecule has 0 saturated heterocycles. The van der Waals surface area contributed by atoms with Gasteiger partial charge in [0.1, 0.15) is 0 Å². The molecule has 1 N–H and O–H groups in total. The smallest absolute Gasteiger partial charge is 0.335 e. The fourth-order valence-electron chi connectivity index (χ4n) is 2.25. The first-order valence-electron chi connectivity index (χ1n) is 6.27. The van der Waals surface area contributed by atoms with Crippen molar-refractivity contribution in [3.8, 4) is 0 Å². The zero-order valence-electron chi connectivity index (χ0n) is 12.0. The Morgan fingerprint density at radius 1 is 1.33 bits per heavy atom. The molecule has 0 amide bonds. The van der Waals surface area contributed by atoms with Crippen LogP contribution in [0.5, 0.6) is 0 Å². The van der Waals surface area contributed by atoms with E-state index in [1.165, 1.54) is 29.8 Å². The molecule has 0 saturated carbocycles. The zero-order valence-corrected chi connectivity index (χ0v) is 12.8. The van der Waals surface area contributed by atoms with Crippen LogP contribution < -0.4 is 0 Å². The molecule has 112 valence electrons. The normalized spacial score (nSPS) is 11.6. The standard InChI is InChI=1S/C14H16N2O4S/c1-9-7-11(16(3)15-9)8-21(19,20)13-6-4-5-12(10(13)2)14(17)18/h4-7H,8H2,1-3H3,(H,17,18). The Morgan fingerprint density at radius 3 is 2.52 bits per heavy atom. The van der Waals surface area contributed by atoms with Gasteiger partial charge in [-0.3, -0.25) is 4.68 Å². The molecule has 0 aliphatic carbocycles. The van der Waals surface area contributed by atoms with Crippen molar-refractivity contribution in [2.75, 3.05) is 0 Å². The Labute approximate surface area is 123 Å². The molecule has 1 aromatic carbocycles. The van der Waals surface area contributed by atoms with Gasteiger partial charge < -0.3 is 5.11 Å². The monoisotopic (exact) mass is 308 g/mol. The van der Waals surface area contributed by atoms with Gasteiger partial charge in [0, 0.05) is 7.05 Å². The first-order chi connectivity index (χ1) is 9.72. The van der Waals surface area contributed by atoms with Crippen LogP contribution in [-0.4, -0.2) is 29.3 Å². The van der Waals surface area contributed by atoms with Gasteiger partial charge in [-0.25, -0.2) is 13.2 Å². The number of hydrogen-bond acceptors (Lipinski definition) is 4. The van der Waals surface area contributed by atoms with Crippen LogP contribution in [0.3, 0.4) is 0 Å². The van der Waals surface area contributed by atoms with Crippen molar-refractivity contribution >= 4 is 15.8 Å². The van der Waals surface area contributed by atoms with E-state index in [2.05, 4.69) is 5.10 Å². The molecule has 0 unspecified atom stereocenters. The third-order valence-corrected chi connectivity index (χ3v) is 5.07. The molecule has 0 aliphatic rings. The number of carbonyl (C=O) groups is 1. The molecule has 0 bridgehead atoms. The third-order valence-electron chi connectivity index (χ3n) is 3.29. The van der Waals surface area contributed by atoms with Crippen molar-refractivity contribution in [2.24, 2.45) is 7.05 Å². The number of carboxylic acid groups (broad SMARTS) is 1. The number of benzene rings is 1. The lowest BCUT2D eigenvalue weighted by Gasteiger charge is -2.10. The van der Waals surface area contributed by atoms with Crippen LogP contribution in [0.1, 0.15) is 27.3 Å². The Morgan fingerprint density at radius 2 is 2.00 bits per heavy atom. The number of aromatic nitrogens is 2. The lowest BCUT2D eigenvalue weighted by Crippen LogP contribution is -2.12. The van der Waals surface area contributed by atoms with Gasteiger partial charge in [0.2, 0.25) is 0 Å². The van der Waals surface area contributed by atoms with E-state index in [1.54, 1.807) is 20.0 Å². The minimum Gasteiger partial charge on any atom is -0.478 e. The number of aromatic carboxylic acids is 1. The summed E-state index contributed by atoms with van der Waals surface area (Å²) >= 11 is 0. The molecular weight excluding hydrogens is 292 g/mol. The summed E-state index contributed by atoms with van der Waals surface area (Å²) in [6.45, 7) is 3.29. The molecule has 2 rings (SSSR count). The largest absolute Gasteiger partial charge is 0.478 e. The number of rotatable bonds is 4. The van der Waals surface area contributed by atoms with Crippen LogP contribution in [-0.2, 0) is 22.6 Å². The lowest BCUT2D eigenvalue weighted by molar-refractivity contribution is 0.0696. The highest BCUT2D eigenvalue weighted by molar-refractivity contribution is 7.90. The second-order valence-electron chi connectivity index (χ2n) is 4.89. The molecule has 1 aromatic heterocycles. The number of hydrogen-bond donors (Lipinski definition) is 1. The van der Waals surface area contributed by atoms with Crippen LogP contribution in [0.15, 0.2) is 29.2 Å². The SMILES string of the molecule is Cc1cc(CS(=O)(=O)c2cccc(C(=O)O)c2C)n(C)n1. The van der Waals surface area contributed by atoms with Crippen LogP contribution in [0.2, 0.25) is 0 Å². The maximum Gasteiger partial charge on any atom is 0.335 e. The summed E-state index contributed by atoms with van der Waals surface area (Å²) in [5.74, 6) is -1.35. The van der Waals surface area contributed by atoms with E-state index in [0.29, 0.717) is 5.69 Å². The summed E-state index contributed by atoms with van der Waals surface area (Å²) in [6, 6.07) is 5.97. The predicted molar refractivity (Wildman–Crippen MR) is 77.0 cm³/mol. The minimum absolute atomic E-state index is 0.00254. The van der Waals surface area contributed by atoms with E-state index >= 15 is 0 Å². The Balaban J connectivity index is 2.48. The van der Waals surface area contributed by atoms with E-state index in [1.807, 2.05) is 0 Å². The molecule has 0 radical (unpaired) electrons. The summed E-state index contributed by atoms with van der Waals surface area (Å²) in [4.78, 5) is 11.2. The first kappa shape index (κ1) is 15.2. The van der Waals surface area contributed by atoms with Crippen LogP contribution in [0.4, 0.5) is 0 Å². The lowest BCUT2D eigenvalue weighted by atomic mass is 10.1. The van der Waals surface area contributed by atoms with Crippen LogP contribution in [0.25, 0.3) is 0 Å². The van der Waals surface area contributed by atoms with Gasteiger partial charge in [0.05, 0.1) is 27.6 Å².